The molecule has 7 heteroatoms. The summed E-state index contributed by atoms with van der Waals surface area (Å²) in [6.45, 7) is 3.79. The first-order chi connectivity index (χ1) is 7.95. The van der Waals surface area contributed by atoms with Crippen LogP contribution in [0.25, 0.3) is 0 Å². The molecule has 0 spiro atoms. The Kier molecular flexibility index (Phi) is 6.29. The van der Waals surface area contributed by atoms with E-state index in [0.717, 1.165) is 5.56 Å². The summed E-state index contributed by atoms with van der Waals surface area (Å²) in [5, 5.41) is 13.4. The molecule has 0 radical (unpaired) electrons. The second-order valence-electron chi connectivity index (χ2n) is 3.89. The van der Waals surface area contributed by atoms with E-state index in [9.17, 15) is 14.9 Å². The molecule has 1 amide bonds. The summed E-state index contributed by atoms with van der Waals surface area (Å²) in [6.07, 6.45) is 0. The largest absolute Gasteiger partial charge is 0.348 e. The fraction of sp³-hybridized carbons (Fsp3) is 0.364. The van der Waals surface area contributed by atoms with Gasteiger partial charge in [-0.1, -0.05) is 6.07 Å². The van der Waals surface area contributed by atoms with Crippen molar-refractivity contribution in [2.75, 3.05) is 6.54 Å². The van der Waals surface area contributed by atoms with E-state index in [2.05, 4.69) is 5.32 Å². The number of hydrogen-bond acceptors (Lipinski definition) is 4. The minimum atomic E-state index is -0.568. The molecule has 0 aromatic heterocycles. The summed E-state index contributed by atoms with van der Waals surface area (Å²) >= 11 is 0. The predicted molar refractivity (Wildman–Crippen MR) is 71.1 cm³/mol. The molecule has 0 saturated carbocycles. The number of carbonyl (C=O) groups is 1. The fourth-order valence-electron chi connectivity index (χ4n) is 1.35. The van der Waals surface area contributed by atoms with Crippen LogP contribution in [0.4, 0.5) is 5.69 Å². The molecule has 18 heavy (non-hydrogen) atoms. The van der Waals surface area contributed by atoms with Gasteiger partial charge in [-0.05, 0) is 25.5 Å². The third kappa shape index (κ3) is 3.97. The second-order valence-corrected chi connectivity index (χ2v) is 3.89. The Bertz CT molecular complexity index is 451. The van der Waals surface area contributed by atoms with Crippen LogP contribution in [0, 0.1) is 17.0 Å². The lowest BCUT2D eigenvalue weighted by atomic mass is 10.1. The Morgan fingerprint density at radius 3 is 2.67 bits per heavy atom. The summed E-state index contributed by atoms with van der Waals surface area (Å²) in [4.78, 5) is 22.0. The summed E-state index contributed by atoms with van der Waals surface area (Å²) in [6, 6.07) is 4.21. The number of hydrogen-bond donors (Lipinski definition) is 2. The summed E-state index contributed by atoms with van der Waals surface area (Å²) in [7, 11) is 0. The zero-order valence-electron chi connectivity index (χ0n) is 10.2. The third-order valence-corrected chi connectivity index (χ3v) is 2.32. The lowest BCUT2D eigenvalue weighted by Crippen LogP contribution is -2.38. The quantitative estimate of drug-likeness (QED) is 0.640. The van der Waals surface area contributed by atoms with Crippen molar-refractivity contribution >= 4 is 24.0 Å². The minimum absolute atomic E-state index is 0. The maximum Gasteiger partial charge on any atom is 0.282 e. The highest BCUT2D eigenvalue weighted by Gasteiger charge is 2.20. The van der Waals surface area contributed by atoms with Crippen LogP contribution in [0.15, 0.2) is 18.2 Å². The SMILES string of the molecule is Cc1ccc([N+](=O)[O-])c(C(=O)N[C@H](C)CN)c1.Cl. The molecular weight excluding hydrogens is 258 g/mol. The van der Waals surface area contributed by atoms with E-state index in [1.807, 2.05) is 0 Å². The zero-order valence-corrected chi connectivity index (χ0v) is 11.0. The number of rotatable bonds is 4. The molecule has 0 aliphatic rings. The normalized spacial score (nSPS) is 11.3. The van der Waals surface area contributed by atoms with Gasteiger partial charge in [0, 0.05) is 18.7 Å². The topological polar surface area (TPSA) is 98.3 Å². The standard InChI is InChI=1S/C11H15N3O3.ClH/c1-7-3-4-10(14(16)17)9(5-7)11(15)13-8(2)6-12;/h3-5,8H,6,12H2,1-2H3,(H,13,15);1H/t8-;/m1./s1. The van der Waals surface area contributed by atoms with Crippen LogP contribution in [0.1, 0.15) is 22.8 Å². The Morgan fingerprint density at radius 1 is 1.56 bits per heavy atom. The van der Waals surface area contributed by atoms with Gasteiger partial charge in [0.2, 0.25) is 0 Å². The zero-order chi connectivity index (χ0) is 13.0. The number of nitro groups is 1. The molecule has 100 valence electrons. The van der Waals surface area contributed by atoms with Gasteiger partial charge in [0.1, 0.15) is 5.56 Å². The monoisotopic (exact) mass is 273 g/mol. The van der Waals surface area contributed by atoms with Crippen molar-refractivity contribution in [2.24, 2.45) is 5.73 Å². The molecule has 6 nitrogen and oxygen atoms in total. The third-order valence-electron chi connectivity index (χ3n) is 2.32. The number of amides is 1. The number of aryl methyl sites for hydroxylation is 1. The lowest BCUT2D eigenvalue weighted by Gasteiger charge is -2.11. The molecule has 1 atom stereocenters. The number of nitro benzene ring substituents is 1. The Balaban J connectivity index is 0.00000289. The minimum Gasteiger partial charge on any atom is -0.348 e. The first kappa shape index (κ1) is 16.3. The maximum atomic E-state index is 11.8. The molecule has 0 heterocycles. The molecule has 1 rings (SSSR count). The van der Waals surface area contributed by atoms with Gasteiger partial charge < -0.3 is 11.1 Å². The molecule has 0 aliphatic heterocycles. The molecule has 0 fully saturated rings. The lowest BCUT2D eigenvalue weighted by molar-refractivity contribution is -0.385. The van der Waals surface area contributed by atoms with Crippen molar-refractivity contribution < 1.29 is 9.72 Å². The highest BCUT2D eigenvalue weighted by molar-refractivity contribution is 5.98. The van der Waals surface area contributed by atoms with Crippen LogP contribution in [-0.2, 0) is 0 Å². The van der Waals surface area contributed by atoms with Crippen molar-refractivity contribution in [3.63, 3.8) is 0 Å². The van der Waals surface area contributed by atoms with E-state index in [4.69, 9.17) is 5.73 Å². The number of nitrogens with one attached hydrogen (secondary N) is 1. The highest BCUT2D eigenvalue weighted by atomic mass is 35.5. The van der Waals surface area contributed by atoms with Gasteiger partial charge in [-0.3, -0.25) is 14.9 Å². The number of benzene rings is 1. The molecule has 0 aliphatic carbocycles. The van der Waals surface area contributed by atoms with Crippen LogP contribution >= 0.6 is 12.4 Å². The van der Waals surface area contributed by atoms with Crippen LogP contribution in [0.5, 0.6) is 0 Å². The van der Waals surface area contributed by atoms with Gasteiger partial charge >= 0.3 is 0 Å². The molecule has 1 aromatic rings. The van der Waals surface area contributed by atoms with E-state index in [1.165, 1.54) is 12.1 Å². The summed E-state index contributed by atoms with van der Waals surface area (Å²) < 4.78 is 0. The van der Waals surface area contributed by atoms with Crippen molar-refractivity contribution in [2.45, 2.75) is 19.9 Å². The van der Waals surface area contributed by atoms with Crippen molar-refractivity contribution in [1.29, 1.82) is 0 Å². The highest BCUT2D eigenvalue weighted by Crippen LogP contribution is 2.19. The van der Waals surface area contributed by atoms with Crippen LogP contribution in [0.2, 0.25) is 0 Å². The predicted octanol–water partition coefficient (Wildman–Crippen LogP) is 1.40. The molecular formula is C11H16ClN3O3. The van der Waals surface area contributed by atoms with E-state index < -0.39 is 10.8 Å². The van der Waals surface area contributed by atoms with Gasteiger partial charge in [-0.2, -0.15) is 0 Å². The van der Waals surface area contributed by atoms with Crippen LogP contribution < -0.4 is 11.1 Å². The van der Waals surface area contributed by atoms with Gasteiger partial charge in [0.25, 0.3) is 11.6 Å². The van der Waals surface area contributed by atoms with Crippen molar-refractivity contribution in [3.8, 4) is 0 Å². The fourth-order valence-corrected chi connectivity index (χ4v) is 1.35. The van der Waals surface area contributed by atoms with Crippen molar-refractivity contribution in [1.82, 2.24) is 5.32 Å². The number of nitrogens with zero attached hydrogens (tertiary/aromatic N) is 1. The smallest absolute Gasteiger partial charge is 0.282 e. The first-order valence-corrected chi connectivity index (χ1v) is 5.21. The summed E-state index contributed by atoms with van der Waals surface area (Å²) in [5.74, 6) is -0.474. The molecule has 0 unspecified atom stereocenters. The van der Waals surface area contributed by atoms with Gasteiger partial charge in [-0.15, -0.1) is 12.4 Å². The Labute approximate surface area is 111 Å². The number of halogens is 1. The first-order valence-electron chi connectivity index (χ1n) is 5.21. The molecule has 0 saturated heterocycles. The molecule has 3 N–H and O–H groups in total. The van der Waals surface area contributed by atoms with Crippen molar-refractivity contribution in [3.05, 3.63) is 39.4 Å². The molecule has 1 aromatic carbocycles. The van der Waals surface area contributed by atoms with Gasteiger partial charge in [0.15, 0.2) is 0 Å². The number of carbonyl (C=O) groups excluding carboxylic acids is 1. The van der Waals surface area contributed by atoms with E-state index >= 15 is 0 Å². The average Bonchev–Trinajstić information content (AvgIpc) is 2.28. The van der Waals surface area contributed by atoms with Gasteiger partial charge in [-0.25, -0.2) is 0 Å². The Hall–Kier alpha value is -1.66. The maximum absolute atomic E-state index is 11.8. The van der Waals surface area contributed by atoms with E-state index in [-0.39, 0.29) is 36.2 Å². The van der Waals surface area contributed by atoms with Gasteiger partial charge in [0.05, 0.1) is 4.92 Å². The van der Waals surface area contributed by atoms with E-state index in [0.29, 0.717) is 0 Å². The summed E-state index contributed by atoms with van der Waals surface area (Å²) in [5.41, 5.74) is 6.04. The van der Waals surface area contributed by atoms with Crippen LogP contribution in [-0.4, -0.2) is 23.4 Å². The molecule has 0 bridgehead atoms. The van der Waals surface area contributed by atoms with Crippen LogP contribution in [0.3, 0.4) is 0 Å². The van der Waals surface area contributed by atoms with E-state index in [1.54, 1.807) is 19.9 Å². The number of nitrogens with two attached hydrogens (primary N) is 1. The average molecular weight is 274 g/mol. The Morgan fingerprint density at radius 2 is 2.17 bits per heavy atom. The second kappa shape index (κ2) is 6.93.